The second-order valence-corrected chi connectivity index (χ2v) is 6.04. The number of carboxylic acid groups (broad SMARTS) is 1. The molecule has 0 saturated heterocycles. The number of carboxylic acids is 1. The summed E-state index contributed by atoms with van der Waals surface area (Å²) in [5.41, 5.74) is 1.11. The zero-order valence-electron chi connectivity index (χ0n) is 14.8. The van der Waals surface area contributed by atoms with Crippen molar-refractivity contribution < 1.29 is 27.8 Å². The number of hydrogen-bond donors (Lipinski definition) is 1. The van der Waals surface area contributed by atoms with Crippen molar-refractivity contribution in [2.24, 2.45) is 0 Å². The van der Waals surface area contributed by atoms with Gasteiger partial charge in [-0.25, -0.2) is 4.79 Å². The van der Waals surface area contributed by atoms with Crippen LogP contribution in [0.3, 0.4) is 0 Å². The van der Waals surface area contributed by atoms with Crippen LogP contribution in [0.5, 0.6) is 5.75 Å². The molecular weight excluding hydrogens is 357 g/mol. The van der Waals surface area contributed by atoms with Gasteiger partial charge in [-0.1, -0.05) is 36.4 Å². The monoisotopic (exact) mass is 376 g/mol. The molecule has 0 aliphatic heterocycles. The molecule has 27 heavy (non-hydrogen) atoms. The van der Waals surface area contributed by atoms with Crippen molar-refractivity contribution in [3.63, 3.8) is 0 Å². The molecule has 2 aromatic rings. The summed E-state index contributed by atoms with van der Waals surface area (Å²) in [7, 11) is 0. The predicted octanol–water partition coefficient (Wildman–Crippen LogP) is 5.57. The van der Waals surface area contributed by atoms with Crippen molar-refractivity contribution in [1.82, 2.24) is 0 Å². The van der Waals surface area contributed by atoms with E-state index >= 15 is 0 Å². The third-order valence-corrected chi connectivity index (χ3v) is 3.56. The van der Waals surface area contributed by atoms with Gasteiger partial charge in [0.25, 0.3) is 0 Å². The Morgan fingerprint density at radius 1 is 1.00 bits per heavy atom. The van der Waals surface area contributed by atoms with Crippen LogP contribution >= 0.6 is 0 Å². The van der Waals surface area contributed by atoms with Gasteiger partial charge in [-0.3, -0.25) is 0 Å². The highest BCUT2D eigenvalue weighted by molar-refractivity contribution is 5.84. The Hall–Kier alpha value is -3.02. The van der Waals surface area contributed by atoms with Gasteiger partial charge in [0.05, 0.1) is 11.7 Å². The van der Waals surface area contributed by atoms with Crippen molar-refractivity contribution in [2.45, 2.75) is 26.1 Å². The van der Waals surface area contributed by atoms with E-state index < -0.39 is 17.7 Å². The summed E-state index contributed by atoms with van der Waals surface area (Å²) in [6.45, 7) is 3.80. The maximum absolute atomic E-state index is 12.8. The van der Waals surface area contributed by atoms with Crippen LogP contribution in [0.15, 0.2) is 66.8 Å². The third-order valence-electron chi connectivity index (χ3n) is 3.56. The highest BCUT2D eigenvalue weighted by Crippen LogP contribution is 2.32. The van der Waals surface area contributed by atoms with E-state index in [1.165, 1.54) is 18.2 Å². The fourth-order valence-corrected chi connectivity index (χ4v) is 2.41. The first kappa shape index (κ1) is 20.3. The van der Waals surface area contributed by atoms with E-state index in [1.54, 1.807) is 30.3 Å². The summed E-state index contributed by atoms with van der Waals surface area (Å²) >= 11 is 0. The highest BCUT2D eigenvalue weighted by atomic mass is 19.4. The lowest BCUT2D eigenvalue weighted by Gasteiger charge is -2.13. The van der Waals surface area contributed by atoms with Gasteiger partial charge in [0, 0.05) is 6.08 Å². The molecule has 0 atom stereocenters. The number of rotatable bonds is 6. The van der Waals surface area contributed by atoms with E-state index in [0.29, 0.717) is 16.9 Å². The molecule has 142 valence electrons. The molecule has 0 aromatic heterocycles. The molecule has 1 N–H and O–H groups in total. The molecule has 0 aliphatic rings. The van der Waals surface area contributed by atoms with Crippen LogP contribution in [0.25, 0.3) is 5.57 Å². The van der Waals surface area contributed by atoms with Gasteiger partial charge in [-0.2, -0.15) is 13.2 Å². The van der Waals surface area contributed by atoms with Crippen LogP contribution in [0.1, 0.15) is 30.5 Å². The number of ether oxygens (including phenoxy) is 1. The zero-order chi connectivity index (χ0) is 20.0. The Morgan fingerprint density at radius 3 is 1.96 bits per heavy atom. The zero-order valence-corrected chi connectivity index (χ0v) is 14.8. The summed E-state index contributed by atoms with van der Waals surface area (Å²) in [5.74, 6) is -0.444. The van der Waals surface area contributed by atoms with Crippen molar-refractivity contribution in [3.8, 4) is 5.75 Å². The lowest BCUT2D eigenvalue weighted by atomic mass is 9.96. The molecule has 0 spiro atoms. The second kappa shape index (κ2) is 8.58. The Balaban J connectivity index is 2.41. The number of aliphatic carboxylic acids is 1. The van der Waals surface area contributed by atoms with Crippen molar-refractivity contribution in [3.05, 3.63) is 83.4 Å². The molecule has 0 fully saturated rings. The quantitative estimate of drug-likeness (QED) is 0.530. The predicted molar refractivity (Wildman–Crippen MR) is 97.5 cm³/mol. The van der Waals surface area contributed by atoms with Crippen molar-refractivity contribution in [1.29, 1.82) is 0 Å². The van der Waals surface area contributed by atoms with E-state index in [-0.39, 0.29) is 6.10 Å². The molecule has 0 amide bonds. The maximum Gasteiger partial charge on any atom is 0.416 e. The second-order valence-electron chi connectivity index (χ2n) is 6.04. The SMILES string of the molecule is CC(C)Oc1ccc(/C(=C/C=C/C(=O)O)c2ccc(C(F)(F)F)cc2)cc1. The average molecular weight is 376 g/mol. The van der Waals surface area contributed by atoms with Gasteiger partial charge in [0.1, 0.15) is 5.75 Å². The lowest BCUT2D eigenvalue weighted by molar-refractivity contribution is -0.137. The molecule has 2 rings (SSSR count). The number of benzene rings is 2. The summed E-state index contributed by atoms with van der Waals surface area (Å²) in [4.78, 5) is 10.7. The summed E-state index contributed by atoms with van der Waals surface area (Å²) in [6.07, 6.45) is -0.552. The smallest absolute Gasteiger partial charge is 0.416 e. The van der Waals surface area contributed by atoms with Crippen LogP contribution in [0, 0.1) is 0 Å². The van der Waals surface area contributed by atoms with Gasteiger partial charge < -0.3 is 9.84 Å². The molecule has 2 aromatic carbocycles. The third kappa shape index (κ3) is 6.02. The van der Waals surface area contributed by atoms with E-state index in [0.717, 1.165) is 23.8 Å². The number of hydrogen-bond acceptors (Lipinski definition) is 2. The normalized spacial score (nSPS) is 12.6. The number of halogens is 3. The van der Waals surface area contributed by atoms with Gasteiger partial charge in [-0.15, -0.1) is 0 Å². The number of allylic oxidation sites excluding steroid dienone is 2. The molecule has 0 bridgehead atoms. The van der Waals surface area contributed by atoms with Crippen molar-refractivity contribution in [2.75, 3.05) is 0 Å². The number of carbonyl (C=O) groups is 1. The molecule has 0 saturated carbocycles. The van der Waals surface area contributed by atoms with Gasteiger partial charge >= 0.3 is 12.1 Å². The first-order chi connectivity index (χ1) is 12.7. The minimum absolute atomic E-state index is 0.0132. The van der Waals surface area contributed by atoms with Gasteiger partial charge in [0.15, 0.2) is 0 Å². The Labute approximate surface area is 155 Å². The van der Waals surface area contributed by atoms with E-state index in [1.807, 2.05) is 13.8 Å². The van der Waals surface area contributed by atoms with Crippen molar-refractivity contribution >= 4 is 11.5 Å². The molecule has 0 unspecified atom stereocenters. The van der Waals surface area contributed by atoms with Crippen LogP contribution in [0.4, 0.5) is 13.2 Å². The standard InChI is InChI=1S/C21H19F3O3/c1-14(2)27-18-12-8-16(9-13-18)19(4-3-5-20(25)26)15-6-10-17(11-7-15)21(22,23)24/h3-14H,1-2H3,(H,25,26)/b5-3+,19-4+. The molecule has 6 heteroatoms. The largest absolute Gasteiger partial charge is 0.491 e. The Kier molecular flexibility index (Phi) is 6.45. The average Bonchev–Trinajstić information content (AvgIpc) is 2.58. The van der Waals surface area contributed by atoms with Crippen LogP contribution in [-0.4, -0.2) is 17.2 Å². The topological polar surface area (TPSA) is 46.5 Å². The molecule has 3 nitrogen and oxygen atoms in total. The summed E-state index contributed by atoms with van der Waals surface area (Å²) in [6, 6.07) is 11.8. The fourth-order valence-electron chi connectivity index (χ4n) is 2.41. The summed E-state index contributed by atoms with van der Waals surface area (Å²) < 4.78 is 43.9. The van der Waals surface area contributed by atoms with Crippen LogP contribution < -0.4 is 4.74 Å². The lowest BCUT2D eigenvalue weighted by Crippen LogP contribution is -2.05. The van der Waals surface area contributed by atoms with Gasteiger partial charge in [0.2, 0.25) is 0 Å². The number of alkyl halides is 3. The molecule has 0 aliphatic carbocycles. The highest BCUT2D eigenvalue weighted by Gasteiger charge is 2.30. The van der Waals surface area contributed by atoms with Crippen LogP contribution in [0.2, 0.25) is 0 Å². The summed E-state index contributed by atoms with van der Waals surface area (Å²) in [5, 5.41) is 8.76. The van der Waals surface area contributed by atoms with E-state index in [4.69, 9.17) is 9.84 Å². The fraction of sp³-hybridized carbons (Fsp3) is 0.190. The molecular formula is C21H19F3O3. The maximum atomic E-state index is 12.8. The Morgan fingerprint density at radius 2 is 1.52 bits per heavy atom. The molecule has 0 heterocycles. The molecule has 0 radical (unpaired) electrons. The van der Waals surface area contributed by atoms with E-state index in [2.05, 4.69) is 0 Å². The minimum atomic E-state index is -4.42. The van der Waals surface area contributed by atoms with Gasteiger partial charge in [-0.05, 0) is 54.8 Å². The first-order valence-electron chi connectivity index (χ1n) is 8.23. The Bertz CT molecular complexity index is 830. The minimum Gasteiger partial charge on any atom is -0.491 e. The first-order valence-corrected chi connectivity index (χ1v) is 8.23. The van der Waals surface area contributed by atoms with Crippen LogP contribution in [-0.2, 0) is 11.0 Å². The van der Waals surface area contributed by atoms with E-state index in [9.17, 15) is 18.0 Å².